The van der Waals surface area contributed by atoms with Crippen LogP contribution in [-0.2, 0) is 9.05 Å². The minimum Gasteiger partial charge on any atom is -0.491 e. The fraction of sp³-hybridized carbons (Fsp3) is 0.308. The van der Waals surface area contributed by atoms with Crippen LogP contribution in [0.1, 0.15) is 12.8 Å². The second-order valence-electron chi connectivity index (χ2n) is 4.65. The van der Waals surface area contributed by atoms with Crippen LogP contribution in [0.4, 0.5) is 0 Å². The smallest absolute Gasteiger partial charge is 0.261 e. The summed E-state index contributed by atoms with van der Waals surface area (Å²) in [5.41, 5.74) is 0.532. The van der Waals surface area contributed by atoms with Crippen molar-refractivity contribution in [3.05, 3.63) is 30.5 Å². The Morgan fingerprint density at radius 3 is 2.79 bits per heavy atom. The maximum absolute atomic E-state index is 11.5. The number of hydrogen-bond acceptors (Lipinski definition) is 4. The van der Waals surface area contributed by atoms with E-state index in [1.807, 2.05) is 0 Å². The summed E-state index contributed by atoms with van der Waals surface area (Å²) in [6.07, 6.45) is 4.00. The molecule has 0 bridgehead atoms. The third-order valence-electron chi connectivity index (χ3n) is 3.13. The van der Waals surface area contributed by atoms with Crippen molar-refractivity contribution in [1.29, 1.82) is 0 Å². The van der Waals surface area contributed by atoms with E-state index in [4.69, 9.17) is 15.4 Å². The van der Waals surface area contributed by atoms with Crippen molar-refractivity contribution in [3.63, 3.8) is 0 Å². The van der Waals surface area contributed by atoms with Crippen LogP contribution in [-0.4, -0.2) is 20.0 Å². The zero-order valence-electron chi connectivity index (χ0n) is 10.0. The van der Waals surface area contributed by atoms with Gasteiger partial charge in [0.1, 0.15) is 11.3 Å². The molecule has 0 N–H and O–H groups in total. The van der Waals surface area contributed by atoms with Gasteiger partial charge in [-0.05, 0) is 43.0 Å². The SMILES string of the molecule is O=S(=O)(Cl)c1ccc(OCC2CC2)c2ncccc12. The van der Waals surface area contributed by atoms with Crippen molar-refractivity contribution in [2.45, 2.75) is 17.7 Å². The highest BCUT2D eigenvalue weighted by atomic mass is 35.7. The average molecular weight is 298 g/mol. The van der Waals surface area contributed by atoms with Gasteiger partial charge in [0.15, 0.2) is 0 Å². The van der Waals surface area contributed by atoms with Gasteiger partial charge in [-0.2, -0.15) is 0 Å². The highest BCUT2D eigenvalue weighted by molar-refractivity contribution is 8.14. The Balaban J connectivity index is 2.10. The molecule has 0 saturated heterocycles. The van der Waals surface area contributed by atoms with Gasteiger partial charge in [-0.1, -0.05) is 0 Å². The zero-order valence-corrected chi connectivity index (χ0v) is 11.6. The fourth-order valence-electron chi connectivity index (χ4n) is 1.94. The van der Waals surface area contributed by atoms with Crippen LogP contribution < -0.4 is 4.74 Å². The number of halogens is 1. The first kappa shape index (κ1) is 12.7. The maximum Gasteiger partial charge on any atom is 0.261 e. The van der Waals surface area contributed by atoms with Gasteiger partial charge in [0, 0.05) is 22.3 Å². The largest absolute Gasteiger partial charge is 0.491 e. The Morgan fingerprint density at radius 2 is 2.11 bits per heavy atom. The third kappa shape index (κ3) is 2.67. The van der Waals surface area contributed by atoms with E-state index < -0.39 is 9.05 Å². The van der Waals surface area contributed by atoms with Crippen LogP contribution in [0.2, 0.25) is 0 Å². The predicted octanol–water partition coefficient (Wildman–Crippen LogP) is 2.95. The molecule has 1 aliphatic carbocycles. The molecule has 0 amide bonds. The Hall–Kier alpha value is -1.33. The summed E-state index contributed by atoms with van der Waals surface area (Å²) in [5.74, 6) is 1.22. The van der Waals surface area contributed by atoms with Crippen LogP contribution in [0.5, 0.6) is 5.75 Å². The predicted molar refractivity (Wildman–Crippen MR) is 73.0 cm³/mol. The van der Waals surface area contributed by atoms with Gasteiger partial charge in [0.05, 0.1) is 11.5 Å². The molecule has 0 atom stereocenters. The molecule has 1 heterocycles. The second kappa shape index (κ2) is 4.65. The lowest BCUT2D eigenvalue weighted by atomic mass is 10.2. The molecule has 1 aromatic heterocycles. The van der Waals surface area contributed by atoms with Crippen molar-refractivity contribution in [2.24, 2.45) is 5.92 Å². The van der Waals surface area contributed by atoms with Crippen molar-refractivity contribution < 1.29 is 13.2 Å². The summed E-state index contributed by atoms with van der Waals surface area (Å²) in [6, 6.07) is 6.45. The molecule has 1 saturated carbocycles. The maximum atomic E-state index is 11.5. The molecule has 19 heavy (non-hydrogen) atoms. The highest BCUT2D eigenvalue weighted by Crippen LogP contribution is 2.34. The number of ether oxygens (including phenoxy) is 1. The van der Waals surface area contributed by atoms with Gasteiger partial charge in [-0.3, -0.25) is 4.98 Å². The lowest BCUT2D eigenvalue weighted by molar-refractivity contribution is 0.302. The Bertz CT molecular complexity index is 726. The number of nitrogens with zero attached hydrogens (tertiary/aromatic N) is 1. The van der Waals surface area contributed by atoms with Gasteiger partial charge in [0.2, 0.25) is 0 Å². The molecule has 0 spiro atoms. The molecule has 6 heteroatoms. The molecule has 2 aromatic rings. The minimum atomic E-state index is -3.79. The van der Waals surface area contributed by atoms with Crippen LogP contribution >= 0.6 is 10.7 Å². The summed E-state index contributed by atoms with van der Waals surface area (Å²) in [4.78, 5) is 4.27. The lowest BCUT2D eigenvalue weighted by Gasteiger charge is -2.10. The van der Waals surface area contributed by atoms with E-state index in [1.54, 1.807) is 24.4 Å². The normalized spacial score (nSPS) is 15.6. The number of rotatable bonds is 4. The van der Waals surface area contributed by atoms with E-state index >= 15 is 0 Å². The monoisotopic (exact) mass is 297 g/mol. The highest BCUT2D eigenvalue weighted by Gasteiger charge is 2.23. The van der Waals surface area contributed by atoms with E-state index in [2.05, 4.69) is 4.98 Å². The van der Waals surface area contributed by atoms with Crippen LogP contribution in [0.15, 0.2) is 35.4 Å². The third-order valence-corrected chi connectivity index (χ3v) is 4.51. The molecular formula is C13H12ClNO3S. The molecule has 1 aromatic carbocycles. The summed E-state index contributed by atoms with van der Waals surface area (Å²) < 4.78 is 28.8. The first-order valence-corrected chi connectivity index (χ1v) is 8.32. The standard InChI is InChI=1S/C13H12ClNO3S/c14-19(16,17)12-6-5-11(18-8-9-3-4-9)13-10(12)2-1-7-15-13/h1-2,5-7,9H,3-4,8H2. The van der Waals surface area contributed by atoms with Gasteiger partial charge < -0.3 is 4.74 Å². The topological polar surface area (TPSA) is 56.3 Å². The Labute approximate surface area is 115 Å². The zero-order chi connectivity index (χ0) is 13.5. The number of benzene rings is 1. The molecule has 3 rings (SSSR count). The summed E-state index contributed by atoms with van der Waals surface area (Å²) in [5, 5.41) is 0.491. The van der Waals surface area contributed by atoms with Crippen LogP contribution in [0.3, 0.4) is 0 Å². The van der Waals surface area contributed by atoms with E-state index in [0.29, 0.717) is 29.2 Å². The van der Waals surface area contributed by atoms with E-state index in [0.717, 1.165) is 0 Å². The van der Waals surface area contributed by atoms with Crippen LogP contribution in [0.25, 0.3) is 10.9 Å². The van der Waals surface area contributed by atoms with Gasteiger partial charge in [-0.25, -0.2) is 8.42 Å². The van der Waals surface area contributed by atoms with Crippen LogP contribution in [0, 0.1) is 5.92 Å². The van der Waals surface area contributed by atoms with Gasteiger partial charge in [-0.15, -0.1) is 0 Å². The molecule has 100 valence electrons. The molecular weight excluding hydrogens is 286 g/mol. The van der Waals surface area contributed by atoms with Crippen molar-refractivity contribution in [2.75, 3.05) is 6.61 Å². The molecule has 0 aliphatic heterocycles. The fourth-order valence-corrected chi connectivity index (χ4v) is 3.00. The molecule has 0 radical (unpaired) electrons. The Morgan fingerprint density at radius 1 is 1.32 bits per heavy atom. The molecule has 4 nitrogen and oxygen atoms in total. The summed E-state index contributed by atoms with van der Waals surface area (Å²) >= 11 is 0. The first-order valence-electron chi connectivity index (χ1n) is 6.01. The van der Waals surface area contributed by atoms with Crippen molar-refractivity contribution in [3.8, 4) is 5.75 Å². The van der Waals surface area contributed by atoms with E-state index in [-0.39, 0.29) is 4.90 Å². The quantitative estimate of drug-likeness (QED) is 0.814. The molecule has 0 unspecified atom stereocenters. The van der Waals surface area contributed by atoms with Crippen molar-refractivity contribution >= 4 is 30.6 Å². The number of hydrogen-bond donors (Lipinski definition) is 0. The average Bonchev–Trinajstić information content (AvgIpc) is 3.18. The molecule has 1 fully saturated rings. The Kier molecular flexibility index (Phi) is 3.11. The minimum absolute atomic E-state index is 0.0658. The van der Waals surface area contributed by atoms with Crippen molar-refractivity contribution in [1.82, 2.24) is 4.98 Å². The lowest BCUT2D eigenvalue weighted by Crippen LogP contribution is -2.01. The van der Waals surface area contributed by atoms with Gasteiger partial charge in [0.25, 0.3) is 9.05 Å². The second-order valence-corrected chi connectivity index (χ2v) is 7.19. The first-order chi connectivity index (χ1) is 9.05. The molecule has 1 aliphatic rings. The van der Waals surface area contributed by atoms with Gasteiger partial charge >= 0.3 is 0 Å². The number of fused-ring (bicyclic) bond motifs is 1. The van der Waals surface area contributed by atoms with E-state index in [9.17, 15) is 8.42 Å². The number of aromatic nitrogens is 1. The summed E-state index contributed by atoms with van der Waals surface area (Å²) in [7, 11) is 1.64. The summed E-state index contributed by atoms with van der Waals surface area (Å²) in [6.45, 7) is 0.651. The van der Waals surface area contributed by atoms with E-state index in [1.165, 1.54) is 18.9 Å². The number of pyridine rings is 1.